The van der Waals surface area contributed by atoms with Crippen LogP contribution in [0.15, 0.2) is 48.5 Å². The van der Waals surface area contributed by atoms with Crippen molar-refractivity contribution in [2.75, 3.05) is 7.05 Å². The Morgan fingerprint density at radius 1 is 0.886 bits per heavy atom. The molecular weight excluding hydrogens is 452 g/mol. The van der Waals surface area contributed by atoms with Crippen molar-refractivity contribution in [3.63, 3.8) is 0 Å². The van der Waals surface area contributed by atoms with Gasteiger partial charge in [-0.2, -0.15) is 0 Å². The Bertz CT molecular complexity index is 1070. The van der Waals surface area contributed by atoms with Crippen LogP contribution in [0.3, 0.4) is 0 Å². The van der Waals surface area contributed by atoms with Crippen LogP contribution in [0, 0.1) is 5.92 Å². The molecule has 1 aliphatic heterocycles. The molecule has 1 saturated carbocycles. The fourth-order valence-electron chi connectivity index (χ4n) is 4.43. The van der Waals surface area contributed by atoms with E-state index in [1.807, 2.05) is 12.1 Å². The number of rotatable bonds is 7. The van der Waals surface area contributed by atoms with Crippen molar-refractivity contribution in [1.82, 2.24) is 21.3 Å². The Morgan fingerprint density at radius 3 is 2.00 bits per heavy atom. The maximum absolute atomic E-state index is 12.9. The number of benzene rings is 2. The minimum absolute atomic E-state index is 0.257. The first-order chi connectivity index (χ1) is 16.9. The quantitative estimate of drug-likeness (QED) is 0.450. The number of imide groups is 2. The van der Waals surface area contributed by atoms with Gasteiger partial charge in [-0.15, -0.1) is 0 Å². The van der Waals surface area contributed by atoms with E-state index < -0.39 is 23.4 Å². The van der Waals surface area contributed by atoms with Gasteiger partial charge in [-0.1, -0.05) is 31.4 Å². The summed E-state index contributed by atoms with van der Waals surface area (Å²) in [5.74, 6) is -0.345. The number of hydrogen-bond donors (Lipinski definition) is 4. The zero-order chi connectivity index (χ0) is 24.8. The zero-order valence-corrected chi connectivity index (χ0v) is 19.4. The number of amides is 6. The summed E-state index contributed by atoms with van der Waals surface area (Å²) in [4.78, 5) is 48.8. The van der Waals surface area contributed by atoms with E-state index in [0.717, 1.165) is 24.8 Å². The first-order valence-corrected chi connectivity index (χ1v) is 11.6. The average Bonchev–Trinajstić information content (AvgIpc) is 2.87. The maximum Gasteiger partial charge on any atom is 0.328 e. The van der Waals surface area contributed by atoms with Crippen LogP contribution in [0.2, 0.25) is 0 Å². The topological polar surface area (TPSA) is 135 Å². The van der Waals surface area contributed by atoms with Gasteiger partial charge >= 0.3 is 12.1 Å². The molecule has 6 amide bonds. The van der Waals surface area contributed by atoms with Gasteiger partial charge in [-0.05, 0) is 54.8 Å². The van der Waals surface area contributed by atoms with Crippen LogP contribution in [-0.2, 0) is 16.1 Å². The summed E-state index contributed by atoms with van der Waals surface area (Å²) in [6.07, 6.45) is 4.12. The number of urea groups is 2. The van der Waals surface area contributed by atoms with E-state index in [1.165, 1.54) is 0 Å². The Hall–Kier alpha value is -4.08. The Balaban J connectivity index is 1.45. The van der Waals surface area contributed by atoms with Crippen LogP contribution < -0.4 is 30.7 Å². The second-order valence-corrected chi connectivity index (χ2v) is 8.56. The number of hydrogen-bond acceptors (Lipinski definition) is 6. The van der Waals surface area contributed by atoms with E-state index in [-0.39, 0.29) is 11.9 Å². The predicted octanol–water partition coefficient (Wildman–Crippen LogP) is 2.97. The summed E-state index contributed by atoms with van der Waals surface area (Å²) in [7, 11) is 1.55. The SMILES string of the molecule is CNC(=O)NCc1ccc(Oc2ccc(OC3(C4CCCCC4)C(=O)NC(=O)NC3=O)cc2)cc1. The third-order valence-electron chi connectivity index (χ3n) is 6.25. The van der Waals surface area contributed by atoms with Gasteiger partial charge in [0.05, 0.1) is 0 Å². The summed E-state index contributed by atoms with van der Waals surface area (Å²) < 4.78 is 11.9. The van der Waals surface area contributed by atoms with Crippen molar-refractivity contribution in [3.05, 3.63) is 54.1 Å². The summed E-state index contributed by atoms with van der Waals surface area (Å²) in [6, 6.07) is 12.8. The lowest BCUT2D eigenvalue weighted by atomic mass is 9.75. The molecule has 2 aromatic rings. The molecule has 0 spiro atoms. The third-order valence-corrected chi connectivity index (χ3v) is 6.25. The van der Waals surface area contributed by atoms with Gasteiger partial charge in [0.25, 0.3) is 17.4 Å². The number of carbonyl (C=O) groups excluding carboxylic acids is 4. The summed E-state index contributed by atoms with van der Waals surface area (Å²) in [5, 5.41) is 9.60. The smallest absolute Gasteiger partial charge is 0.328 e. The van der Waals surface area contributed by atoms with Crippen molar-refractivity contribution in [2.24, 2.45) is 5.92 Å². The van der Waals surface area contributed by atoms with Crippen molar-refractivity contribution >= 4 is 23.9 Å². The molecule has 1 saturated heterocycles. The van der Waals surface area contributed by atoms with Gasteiger partial charge < -0.3 is 20.1 Å². The molecule has 1 heterocycles. The largest absolute Gasteiger partial charge is 0.467 e. The van der Waals surface area contributed by atoms with Gasteiger partial charge in [-0.3, -0.25) is 20.2 Å². The predicted molar refractivity (Wildman–Crippen MR) is 126 cm³/mol. The number of carbonyl (C=O) groups is 4. The Labute approximate surface area is 202 Å². The van der Waals surface area contributed by atoms with Crippen LogP contribution in [0.1, 0.15) is 37.7 Å². The molecular formula is C25H28N4O6. The number of nitrogens with one attached hydrogen (secondary N) is 4. The van der Waals surface area contributed by atoms with E-state index >= 15 is 0 Å². The molecule has 0 unspecified atom stereocenters. The standard InChI is InChI=1S/C25H28N4O6/c1-26-23(32)27-15-16-7-9-18(10-8-16)34-19-11-13-20(14-12-19)35-25(17-5-3-2-4-6-17)21(30)28-24(33)29-22(25)31/h7-14,17H,2-6,15H2,1H3,(H2,26,27,32)(H2,28,29,30,31,33). The van der Waals surface area contributed by atoms with E-state index in [1.54, 1.807) is 43.4 Å². The molecule has 35 heavy (non-hydrogen) atoms. The first-order valence-electron chi connectivity index (χ1n) is 11.6. The molecule has 0 radical (unpaired) electrons. The summed E-state index contributed by atoms with van der Waals surface area (Å²) in [5.41, 5.74) is -0.880. The zero-order valence-electron chi connectivity index (χ0n) is 19.4. The minimum atomic E-state index is -1.80. The lowest BCUT2D eigenvalue weighted by molar-refractivity contribution is -0.158. The Kier molecular flexibility index (Phi) is 7.19. The van der Waals surface area contributed by atoms with E-state index in [2.05, 4.69) is 21.3 Å². The normalized spacial score (nSPS) is 17.7. The van der Waals surface area contributed by atoms with E-state index in [4.69, 9.17) is 9.47 Å². The van der Waals surface area contributed by atoms with E-state index in [0.29, 0.717) is 36.6 Å². The first kappa shape index (κ1) is 24.1. The molecule has 4 N–H and O–H groups in total. The molecule has 2 aromatic carbocycles. The van der Waals surface area contributed by atoms with Gasteiger partial charge in [0.15, 0.2) is 0 Å². The molecule has 2 fully saturated rings. The fraction of sp³-hybridized carbons (Fsp3) is 0.360. The highest BCUT2D eigenvalue weighted by Gasteiger charge is 2.58. The second-order valence-electron chi connectivity index (χ2n) is 8.56. The average molecular weight is 481 g/mol. The fourth-order valence-corrected chi connectivity index (χ4v) is 4.43. The molecule has 4 rings (SSSR count). The molecule has 0 aromatic heterocycles. The van der Waals surface area contributed by atoms with Gasteiger partial charge in [0, 0.05) is 19.5 Å². The minimum Gasteiger partial charge on any atom is -0.467 e. The van der Waals surface area contributed by atoms with Crippen LogP contribution >= 0.6 is 0 Å². The molecule has 184 valence electrons. The highest BCUT2D eigenvalue weighted by Crippen LogP contribution is 2.38. The van der Waals surface area contributed by atoms with Gasteiger partial charge in [-0.25, -0.2) is 9.59 Å². The van der Waals surface area contributed by atoms with Gasteiger partial charge in [0.2, 0.25) is 0 Å². The molecule has 2 aliphatic rings. The lowest BCUT2D eigenvalue weighted by Crippen LogP contribution is -2.72. The molecule has 10 heteroatoms. The highest BCUT2D eigenvalue weighted by molar-refractivity contribution is 6.22. The van der Waals surface area contributed by atoms with Crippen LogP contribution in [0.5, 0.6) is 17.2 Å². The summed E-state index contributed by atoms with van der Waals surface area (Å²) in [6.45, 7) is 0.390. The van der Waals surface area contributed by atoms with Gasteiger partial charge in [0.1, 0.15) is 17.2 Å². The Morgan fingerprint density at radius 2 is 1.43 bits per heavy atom. The van der Waals surface area contributed by atoms with Crippen molar-refractivity contribution in [3.8, 4) is 17.2 Å². The van der Waals surface area contributed by atoms with Crippen LogP contribution in [-0.4, -0.2) is 36.5 Å². The van der Waals surface area contributed by atoms with Crippen molar-refractivity contribution < 1.29 is 28.7 Å². The molecule has 10 nitrogen and oxygen atoms in total. The maximum atomic E-state index is 12.9. The van der Waals surface area contributed by atoms with Crippen LogP contribution in [0.25, 0.3) is 0 Å². The molecule has 0 bridgehead atoms. The summed E-state index contributed by atoms with van der Waals surface area (Å²) >= 11 is 0. The molecule has 0 atom stereocenters. The highest BCUT2D eigenvalue weighted by atomic mass is 16.5. The number of barbiturate groups is 1. The number of ether oxygens (including phenoxy) is 2. The third kappa shape index (κ3) is 5.37. The monoisotopic (exact) mass is 480 g/mol. The lowest BCUT2D eigenvalue weighted by Gasteiger charge is -2.41. The second kappa shape index (κ2) is 10.5. The van der Waals surface area contributed by atoms with E-state index in [9.17, 15) is 19.2 Å². The van der Waals surface area contributed by atoms with Crippen molar-refractivity contribution in [1.29, 1.82) is 0 Å². The van der Waals surface area contributed by atoms with Crippen molar-refractivity contribution in [2.45, 2.75) is 44.2 Å². The van der Waals surface area contributed by atoms with Crippen LogP contribution in [0.4, 0.5) is 9.59 Å². The molecule has 1 aliphatic carbocycles.